The van der Waals surface area contributed by atoms with Crippen LogP contribution < -0.4 is 0 Å². The molecule has 0 bridgehead atoms. The molecule has 2 heteroatoms. The first kappa shape index (κ1) is 13.0. The van der Waals surface area contributed by atoms with E-state index in [0.29, 0.717) is 6.42 Å². The molecule has 0 aromatic rings. The van der Waals surface area contributed by atoms with Crippen molar-refractivity contribution in [2.45, 2.75) is 58.3 Å². The molecule has 1 rings (SSSR count). The van der Waals surface area contributed by atoms with Gasteiger partial charge in [0.15, 0.2) is 0 Å². The topological polar surface area (TPSA) is 26.3 Å². The first-order valence-electron chi connectivity index (χ1n) is 6.40. The van der Waals surface area contributed by atoms with Gasteiger partial charge in [-0.1, -0.05) is 38.7 Å². The Labute approximate surface area is 98.4 Å². The van der Waals surface area contributed by atoms with Crippen LogP contribution in [0.15, 0.2) is 24.0 Å². The van der Waals surface area contributed by atoms with Crippen LogP contribution >= 0.6 is 0 Å². The molecular formula is C14H22O2. The van der Waals surface area contributed by atoms with E-state index >= 15 is 0 Å². The molecule has 0 spiro atoms. The summed E-state index contributed by atoms with van der Waals surface area (Å²) in [6.07, 6.45) is 14.3. The molecule has 2 nitrogen and oxygen atoms in total. The van der Waals surface area contributed by atoms with Crippen LogP contribution in [0.1, 0.15) is 58.3 Å². The number of ether oxygens (including phenoxy) is 1. The van der Waals surface area contributed by atoms with Crippen LogP contribution in [0.3, 0.4) is 0 Å². The molecule has 16 heavy (non-hydrogen) atoms. The van der Waals surface area contributed by atoms with Gasteiger partial charge in [0.2, 0.25) is 0 Å². The predicted molar refractivity (Wildman–Crippen MR) is 65.9 cm³/mol. The van der Waals surface area contributed by atoms with Crippen molar-refractivity contribution in [3.8, 4) is 0 Å². The zero-order valence-electron chi connectivity index (χ0n) is 10.2. The third kappa shape index (κ3) is 5.74. The summed E-state index contributed by atoms with van der Waals surface area (Å²) in [6.45, 7) is 2.19. The van der Waals surface area contributed by atoms with Crippen molar-refractivity contribution in [1.29, 1.82) is 0 Å². The summed E-state index contributed by atoms with van der Waals surface area (Å²) in [5.74, 6) is 0.638. The third-order valence-electron chi connectivity index (χ3n) is 2.68. The fourth-order valence-corrected chi connectivity index (χ4v) is 1.72. The van der Waals surface area contributed by atoms with Crippen LogP contribution in [-0.4, -0.2) is 5.97 Å². The Morgan fingerprint density at radius 2 is 2.06 bits per heavy atom. The van der Waals surface area contributed by atoms with Crippen molar-refractivity contribution in [3.05, 3.63) is 24.0 Å². The SMILES string of the molecule is CCCCCCCC(=O)OC1=CCCC=C1. The van der Waals surface area contributed by atoms with E-state index in [1.54, 1.807) is 0 Å². The predicted octanol–water partition coefficient (Wildman–Crippen LogP) is 4.12. The fourth-order valence-electron chi connectivity index (χ4n) is 1.72. The molecule has 0 amide bonds. The summed E-state index contributed by atoms with van der Waals surface area (Å²) in [7, 11) is 0. The van der Waals surface area contributed by atoms with Gasteiger partial charge in [-0.15, -0.1) is 0 Å². The van der Waals surface area contributed by atoms with Crippen LogP contribution in [-0.2, 0) is 9.53 Å². The average Bonchev–Trinajstić information content (AvgIpc) is 2.30. The number of esters is 1. The van der Waals surface area contributed by atoms with Crippen molar-refractivity contribution in [3.63, 3.8) is 0 Å². The summed E-state index contributed by atoms with van der Waals surface area (Å²) in [5, 5.41) is 0. The van der Waals surface area contributed by atoms with Crippen molar-refractivity contribution >= 4 is 5.97 Å². The summed E-state index contributed by atoms with van der Waals surface area (Å²) >= 11 is 0. The average molecular weight is 222 g/mol. The van der Waals surface area contributed by atoms with Gasteiger partial charge in [-0.2, -0.15) is 0 Å². The highest BCUT2D eigenvalue weighted by Gasteiger charge is 2.06. The summed E-state index contributed by atoms with van der Waals surface area (Å²) in [5.41, 5.74) is 0. The second-order valence-corrected chi connectivity index (χ2v) is 4.22. The highest BCUT2D eigenvalue weighted by atomic mass is 16.5. The van der Waals surface area contributed by atoms with Crippen LogP contribution in [0.5, 0.6) is 0 Å². The standard InChI is InChI=1S/C14H22O2/c1-2-3-4-5-9-12-14(15)16-13-10-7-6-8-11-13/h7,10-11H,2-6,8-9,12H2,1H3. The maximum absolute atomic E-state index is 11.4. The Balaban J connectivity index is 2.06. The third-order valence-corrected chi connectivity index (χ3v) is 2.68. The zero-order valence-corrected chi connectivity index (χ0v) is 10.2. The van der Waals surface area contributed by atoms with E-state index < -0.39 is 0 Å². The van der Waals surface area contributed by atoms with Gasteiger partial charge in [-0.05, 0) is 31.4 Å². The second-order valence-electron chi connectivity index (χ2n) is 4.22. The molecule has 0 atom stereocenters. The number of carbonyl (C=O) groups is 1. The number of hydrogen-bond donors (Lipinski definition) is 0. The minimum Gasteiger partial charge on any atom is -0.427 e. The van der Waals surface area contributed by atoms with Crippen molar-refractivity contribution in [1.82, 2.24) is 0 Å². The molecule has 0 heterocycles. The Hall–Kier alpha value is -1.05. The van der Waals surface area contributed by atoms with E-state index in [-0.39, 0.29) is 5.97 Å². The Bertz CT molecular complexity index is 264. The molecule has 0 unspecified atom stereocenters. The number of hydrogen-bond acceptors (Lipinski definition) is 2. The van der Waals surface area contributed by atoms with Gasteiger partial charge < -0.3 is 4.74 Å². The van der Waals surface area contributed by atoms with Crippen LogP contribution in [0.4, 0.5) is 0 Å². The summed E-state index contributed by atoms with van der Waals surface area (Å²) < 4.78 is 5.23. The van der Waals surface area contributed by atoms with Crippen LogP contribution in [0, 0.1) is 0 Å². The van der Waals surface area contributed by atoms with Gasteiger partial charge in [-0.3, -0.25) is 4.79 Å². The van der Waals surface area contributed by atoms with Crippen molar-refractivity contribution in [2.24, 2.45) is 0 Å². The highest BCUT2D eigenvalue weighted by Crippen LogP contribution is 2.13. The van der Waals surface area contributed by atoms with Crippen molar-refractivity contribution < 1.29 is 9.53 Å². The van der Waals surface area contributed by atoms with Gasteiger partial charge in [0.1, 0.15) is 5.76 Å². The van der Waals surface area contributed by atoms with Gasteiger partial charge in [0.05, 0.1) is 0 Å². The lowest BCUT2D eigenvalue weighted by molar-refractivity contribution is -0.139. The molecule has 0 aromatic heterocycles. The molecule has 0 fully saturated rings. The second kappa shape index (κ2) is 8.14. The molecule has 0 saturated heterocycles. The zero-order chi connectivity index (χ0) is 11.6. The van der Waals surface area contributed by atoms with E-state index in [1.165, 1.54) is 19.3 Å². The van der Waals surface area contributed by atoms with E-state index in [1.807, 2.05) is 18.2 Å². The lowest BCUT2D eigenvalue weighted by Crippen LogP contribution is -2.04. The normalized spacial score (nSPS) is 14.7. The summed E-state index contributed by atoms with van der Waals surface area (Å²) in [4.78, 5) is 11.4. The van der Waals surface area contributed by atoms with Crippen molar-refractivity contribution in [2.75, 3.05) is 0 Å². The van der Waals surface area contributed by atoms with Gasteiger partial charge in [-0.25, -0.2) is 0 Å². The highest BCUT2D eigenvalue weighted by molar-refractivity contribution is 5.70. The molecule has 0 radical (unpaired) electrons. The smallest absolute Gasteiger partial charge is 0.311 e. The number of carbonyl (C=O) groups excluding carboxylic acids is 1. The van der Waals surface area contributed by atoms with Gasteiger partial charge in [0.25, 0.3) is 0 Å². The maximum atomic E-state index is 11.4. The largest absolute Gasteiger partial charge is 0.427 e. The Kier molecular flexibility index (Phi) is 6.62. The van der Waals surface area contributed by atoms with Crippen LogP contribution in [0.2, 0.25) is 0 Å². The van der Waals surface area contributed by atoms with E-state index in [2.05, 4.69) is 6.92 Å². The fraction of sp³-hybridized carbons (Fsp3) is 0.643. The molecular weight excluding hydrogens is 200 g/mol. The molecule has 0 saturated carbocycles. The van der Waals surface area contributed by atoms with Crippen LogP contribution in [0.25, 0.3) is 0 Å². The maximum Gasteiger partial charge on any atom is 0.311 e. The quantitative estimate of drug-likeness (QED) is 0.478. The molecule has 0 aromatic carbocycles. The Morgan fingerprint density at radius 3 is 2.75 bits per heavy atom. The molecule has 1 aliphatic carbocycles. The number of unbranched alkanes of at least 4 members (excludes halogenated alkanes) is 4. The molecule has 0 N–H and O–H groups in total. The summed E-state index contributed by atoms with van der Waals surface area (Å²) in [6, 6.07) is 0. The number of allylic oxidation sites excluding steroid dienone is 3. The molecule has 90 valence electrons. The molecule has 0 aliphatic heterocycles. The first-order valence-corrected chi connectivity index (χ1v) is 6.40. The minimum absolute atomic E-state index is 0.0886. The molecule has 1 aliphatic rings. The van der Waals surface area contributed by atoms with E-state index in [0.717, 1.165) is 31.4 Å². The lowest BCUT2D eigenvalue weighted by Gasteiger charge is -2.07. The Morgan fingerprint density at radius 1 is 1.25 bits per heavy atom. The lowest BCUT2D eigenvalue weighted by atomic mass is 10.1. The van der Waals surface area contributed by atoms with E-state index in [4.69, 9.17) is 4.74 Å². The van der Waals surface area contributed by atoms with Gasteiger partial charge >= 0.3 is 5.97 Å². The first-order chi connectivity index (χ1) is 7.83. The number of rotatable bonds is 7. The monoisotopic (exact) mass is 222 g/mol. The minimum atomic E-state index is -0.0886. The van der Waals surface area contributed by atoms with E-state index in [9.17, 15) is 4.79 Å². The van der Waals surface area contributed by atoms with Gasteiger partial charge in [0, 0.05) is 6.42 Å².